The Morgan fingerprint density at radius 3 is 3.05 bits per heavy atom. The van der Waals surface area contributed by atoms with Gasteiger partial charge in [-0.1, -0.05) is 18.2 Å². The van der Waals surface area contributed by atoms with Crippen LogP contribution >= 0.6 is 11.3 Å². The normalized spacial score (nSPS) is 10.8. The first-order chi connectivity index (χ1) is 9.72. The number of hydrogen-bond acceptors (Lipinski definition) is 3. The minimum absolute atomic E-state index is 0.00761. The van der Waals surface area contributed by atoms with Crippen molar-refractivity contribution < 1.29 is 4.79 Å². The van der Waals surface area contributed by atoms with Crippen LogP contribution in [0, 0.1) is 6.92 Å². The highest BCUT2D eigenvalue weighted by Gasteiger charge is 2.08. The summed E-state index contributed by atoms with van der Waals surface area (Å²) >= 11 is 1.70. The number of benzene rings is 1. The lowest BCUT2D eigenvalue weighted by molar-refractivity contribution is -0.120. The molecular formula is C15H15N3OS. The van der Waals surface area contributed by atoms with Gasteiger partial charge in [0.15, 0.2) is 0 Å². The lowest BCUT2D eigenvalue weighted by atomic mass is 10.2. The summed E-state index contributed by atoms with van der Waals surface area (Å²) in [6.07, 6.45) is 0.312. The van der Waals surface area contributed by atoms with Crippen molar-refractivity contribution in [1.29, 1.82) is 0 Å². The molecule has 3 rings (SSSR count). The fraction of sp³-hybridized carbons (Fsp3) is 0.200. The average Bonchev–Trinajstić information content (AvgIpc) is 3.03. The van der Waals surface area contributed by atoms with Gasteiger partial charge in [-0.2, -0.15) is 5.10 Å². The highest BCUT2D eigenvalue weighted by molar-refractivity contribution is 7.17. The maximum absolute atomic E-state index is 11.9. The van der Waals surface area contributed by atoms with E-state index in [2.05, 4.69) is 33.0 Å². The number of rotatable bonds is 4. The Labute approximate surface area is 120 Å². The van der Waals surface area contributed by atoms with E-state index in [-0.39, 0.29) is 5.91 Å². The zero-order valence-electron chi connectivity index (χ0n) is 11.1. The van der Waals surface area contributed by atoms with Gasteiger partial charge in [-0.25, -0.2) is 0 Å². The van der Waals surface area contributed by atoms with Crippen LogP contribution in [-0.4, -0.2) is 16.1 Å². The van der Waals surface area contributed by atoms with E-state index in [0.29, 0.717) is 13.0 Å². The number of aryl methyl sites for hydroxylation is 1. The zero-order valence-corrected chi connectivity index (χ0v) is 12.0. The molecule has 2 aromatic heterocycles. The zero-order chi connectivity index (χ0) is 13.9. The van der Waals surface area contributed by atoms with Crippen molar-refractivity contribution in [3.05, 3.63) is 52.7 Å². The highest BCUT2D eigenvalue weighted by Crippen LogP contribution is 2.25. The van der Waals surface area contributed by atoms with Gasteiger partial charge in [-0.05, 0) is 35.4 Å². The first-order valence-electron chi connectivity index (χ1n) is 6.45. The molecule has 0 radical (unpaired) electrons. The fourth-order valence-electron chi connectivity index (χ4n) is 2.16. The number of H-pyrrole nitrogens is 1. The Bertz CT molecular complexity index is 744. The van der Waals surface area contributed by atoms with E-state index in [1.807, 2.05) is 25.1 Å². The van der Waals surface area contributed by atoms with Crippen molar-refractivity contribution in [3.63, 3.8) is 0 Å². The van der Waals surface area contributed by atoms with Gasteiger partial charge in [0.1, 0.15) is 0 Å². The Morgan fingerprint density at radius 2 is 2.25 bits per heavy atom. The number of aromatic amines is 1. The maximum atomic E-state index is 11.9. The van der Waals surface area contributed by atoms with Crippen LogP contribution in [0.4, 0.5) is 0 Å². The molecule has 20 heavy (non-hydrogen) atoms. The van der Waals surface area contributed by atoms with Crippen molar-refractivity contribution >= 4 is 27.3 Å². The van der Waals surface area contributed by atoms with Crippen molar-refractivity contribution in [3.8, 4) is 0 Å². The summed E-state index contributed by atoms with van der Waals surface area (Å²) in [5.41, 5.74) is 2.91. The second-order valence-corrected chi connectivity index (χ2v) is 5.66. The van der Waals surface area contributed by atoms with E-state index in [1.165, 1.54) is 10.1 Å². The van der Waals surface area contributed by atoms with Gasteiger partial charge in [0.05, 0.1) is 12.1 Å². The third-order valence-corrected chi connectivity index (χ3v) is 4.15. The number of fused-ring (bicyclic) bond motifs is 1. The highest BCUT2D eigenvalue weighted by atomic mass is 32.1. The Hall–Kier alpha value is -2.14. The molecule has 102 valence electrons. The molecule has 0 aliphatic rings. The Morgan fingerprint density at radius 1 is 1.40 bits per heavy atom. The summed E-state index contributed by atoms with van der Waals surface area (Å²) in [7, 11) is 0. The topological polar surface area (TPSA) is 57.8 Å². The lowest BCUT2D eigenvalue weighted by Gasteiger charge is -2.03. The SMILES string of the molecule is Cc1cc(CC(=O)NCc2csc3ccccc23)n[nH]1. The molecule has 0 aliphatic carbocycles. The number of thiophene rings is 1. The largest absolute Gasteiger partial charge is 0.352 e. The van der Waals surface area contributed by atoms with Crippen LogP contribution in [0.1, 0.15) is 17.0 Å². The van der Waals surface area contributed by atoms with Gasteiger partial charge in [-0.3, -0.25) is 9.89 Å². The molecule has 5 heteroatoms. The summed E-state index contributed by atoms with van der Waals surface area (Å²) in [6.45, 7) is 2.48. The number of carbonyl (C=O) groups excluding carboxylic acids is 1. The number of hydrogen-bond donors (Lipinski definition) is 2. The maximum Gasteiger partial charge on any atom is 0.226 e. The molecular weight excluding hydrogens is 270 g/mol. The average molecular weight is 285 g/mol. The monoisotopic (exact) mass is 285 g/mol. The van der Waals surface area contributed by atoms with Gasteiger partial charge >= 0.3 is 0 Å². The summed E-state index contributed by atoms with van der Waals surface area (Å²) < 4.78 is 1.25. The third-order valence-electron chi connectivity index (χ3n) is 3.14. The fourth-order valence-corrected chi connectivity index (χ4v) is 3.12. The van der Waals surface area contributed by atoms with Crippen molar-refractivity contribution in [2.24, 2.45) is 0 Å². The molecule has 2 N–H and O–H groups in total. The van der Waals surface area contributed by atoms with Crippen LogP contribution in [0.25, 0.3) is 10.1 Å². The van der Waals surface area contributed by atoms with Crippen LogP contribution < -0.4 is 5.32 Å². The first kappa shape index (κ1) is 12.9. The molecule has 1 amide bonds. The number of carbonyl (C=O) groups is 1. The van der Waals surface area contributed by atoms with Crippen LogP contribution in [0.2, 0.25) is 0 Å². The van der Waals surface area contributed by atoms with Crippen LogP contribution in [-0.2, 0) is 17.8 Å². The minimum atomic E-state index is -0.00761. The van der Waals surface area contributed by atoms with E-state index in [1.54, 1.807) is 11.3 Å². The summed E-state index contributed by atoms with van der Waals surface area (Å²) in [5.74, 6) is -0.00761. The minimum Gasteiger partial charge on any atom is -0.352 e. The Balaban J connectivity index is 1.63. The molecule has 4 nitrogen and oxygen atoms in total. The van der Waals surface area contributed by atoms with Crippen molar-refractivity contribution in [2.45, 2.75) is 19.9 Å². The van der Waals surface area contributed by atoms with Crippen molar-refractivity contribution in [2.75, 3.05) is 0 Å². The number of aromatic nitrogens is 2. The van der Waals surface area contributed by atoms with Gasteiger partial charge in [0.25, 0.3) is 0 Å². The van der Waals surface area contributed by atoms with Crippen LogP contribution in [0.5, 0.6) is 0 Å². The van der Waals surface area contributed by atoms with Crippen molar-refractivity contribution in [1.82, 2.24) is 15.5 Å². The second kappa shape index (κ2) is 5.46. The molecule has 0 saturated carbocycles. The smallest absolute Gasteiger partial charge is 0.226 e. The molecule has 0 aliphatic heterocycles. The Kier molecular flexibility index (Phi) is 3.52. The van der Waals surface area contributed by atoms with E-state index >= 15 is 0 Å². The summed E-state index contributed by atoms with van der Waals surface area (Å²) in [4.78, 5) is 11.9. The van der Waals surface area contributed by atoms with E-state index < -0.39 is 0 Å². The van der Waals surface area contributed by atoms with Crippen LogP contribution in [0.15, 0.2) is 35.7 Å². The molecule has 0 saturated heterocycles. The quantitative estimate of drug-likeness (QED) is 0.774. The molecule has 0 spiro atoms. The van der Waals surface area contributed by atoms with E-state index in [4.69, 9.17) is 0 Å². The number of nitrogens with one attached hydrogen (secondary N) is 2. The second-order valence-electron chi connectivity index (χ2n) is 4.75. The molecule has 1 aromatic carbocycles. The first-order valence-corrected chi connectivity index (χ1v) is 7.33. The van der Waals surface area contributed by atoms with Gasteiger partial charge in [0, 0.05) is 16.9 Å². The molecule has 0 bridgehead atoms. The van der Waals surface area contributed by atoms with Gasteiger partial charge < -0.3 is 5.32 Å². The van der Waals surface area contributed by atoms with Gasteiger partial charge in [-0.15, -0.1) is 11.3 Å². The number of nitrogens with zero attached hydrogens (tertiary/aromatic N) is 1. The molecule has 0 atom stereocenters. The van der Waals surface area contributed by atoms with Crippen LogP contribution in [0.3, 0.4) is 0 Å². The molecule has 2 heterocycles. The summed E-state index contributed by atoms with van der Waals surface area (Å²) in [5, 5.41) is 13.2. The van der Waals surface area contributed by atoms with E-state index in [0.717, 1.165) is 17.0 Å². The predicted octanol–water partition coefficient (Wildman–Crippen LogP) is 2.79. The standard InChI is InChI=1S/C15H15N3OS/c1-10-6-12(18-17-10)7-15(19)16-8-11-9-20-14-5-3-2-4-13(11)14/h2-6,9H,7-8H2,1H3,(H,16,19)(H,17,18). The molecule has 0 fully saturated rings. The number of amides is 1. The predicted molar refractivity (Wildman–Crippen MR) is 80.7 cm³/mol. The molecule has 0 unspecified atom stereocenters. The lowest BCUT2D eigenvalue weighted by Crippen LogP contribution is -2.24. The third kappa shape index (κ3) is 2.72. The van der Waals surface area contributed by atoms with E-state index in [9.17, 15) is 4.79 Å². The van der Waals surface area contributed by atoms with Gasteiger partial charge in [0.2, 0.25) is 5.91 Å². The summed E-state index contributed by atoms with van der Waals surface area (Å²) in [6, 6.07) is 10.1. The molecule has 3 aromatic rings.